The summed E-state index contributed by atoms with van der Waals surface area (Å²) in [6, 6.07) is 31.8. The molecule has 1 N–H and O–H groups in total. The van der Waals surface area contributed by atoms with Crippen molar-refractivity contribution in [2.75, 3.05) is 10.8 Å². The molecule has 4 aromatic carbocycles. The predicted molar refractivity (Wildman–Crippen MR) is 185 cm³/mol. The summed E-state index contributed by atoms with van der Waals surface area (Å²) in [6.07, 6.45) is 1.00. The van der Waals surface area contributed by atoms with E-state index < -0.39 is 28.5 Å². The fourth-order valence-electron chi connectivity index (χ4n) is 5.28. The number of amides is 2. The van der Waals surface area contributed by atoms with Crippen LogP contribution in [0.4, 0.5) is 5.69 Å². The van der Waals surface area contributed by atoms with Crippen molar-refractivity contribution in [1.29, 1.82) is 0 Å². The van der Waals surface area contributed by atoms with E-state index >= 15 is 0 Å². The van der Waals surface area contributed by atoms with E-state index in [9.17, 15) is 18.0 Å². The Labute approximate surface area is 274 Å². The third-order valence-corrected chi connectivity index (χ3v) is 9.95. The number of hydrogen-bond acceptors (Lipinski definition) is 4. The van der Waals surface area contributed by atoms with Gasteiger partial charge in [0.25, 0.3) is 10.0 Å². The van der Waals surface area contributed by atoms with Crippen LogP contribution in [0.1, 0.15) is 62.3 Å². The number of carbonyl (C=O) groups is 2. The van der Waals surface area contributed by atoms with Gasteiger partial charge in [-0.15, -0.1) is 0 Å². The van der Waals surface area contributed by atoms with Crippen LogP contribution in [0.3, 0.4) is 0 Å². The molecule has 4 rings (SSSR count). The molecule has 0 aliphatic heterocycles. The topological polar surface area (TPSA) is 86.8 Å². The van der Waals surface area contributed by atoms with Crippen LogP contribution in [0.2, 0.25) is 0 Å². The number of rotatable bonds is 14. The molecule has 0 saturated carbocycles. The second-order valence-corrected chi connectivity index (χ2v) is 14.0. The molecule has 7 nitrogen and oxygen atoms in total. The van der Waals surface area contributed by atoms with Crippen molar-refractivity contribution in [2.24, 2.45) is 0 Å². The molecule has 0 radical (unpaired) electrons. The molecule has 0 unspecified atom stereocenters. The molecule has 2 atom stereocenters. The summed E-state index contributed by atoms with van der Waals surface area (Å²) >= 11 is 0. The zero-order chi connectivity index (χ0) is 33.3. The van der Waals surface area contributed by atoms with Crippen molar-refractivity contribution < 1.29 is 18.0 Å². The van der Waals surface area contributed by atoms with Crippen LogP contribution in [0.25, 0.3) is 0 Å². The number of nitrogens with zero attached hydrogens (tertiary/aromatic N) is 2. The van der Waals surface area contributed by atoms with Crippen LogP contribution < -0.4 is 9.62 Å². The lowest BCUT2D eigenvalue weighted by atomic mass is 10.0. The number of anilines is 1. The summed E-state index contributed by atoms with van der Waals surface area (Å²) in [5.74, 6) is -0.505. The van der Waals surface area contributed by atoms with Crippen molar-refractivity contribution in [1.82, 2.24) is 10.2 Å². The van der Waals surface area contributed by atoms with E-state index in [1.54, 1.807) is 30.3 Å². The minimum absolute atomic E-state index is 0.0799. The largest absolute Gasteiger partial charge is 0.352 e. The third kappa shape index (κ3) is 8.85. The Morgan fingerprint density at radius 2 is 1.39 bits per heavy atom. The van der Waals surface area contributed by atoms with Gasteiger partial charge in [-0.25, -0.2) is 8.42 Å². The fraction of sp³-hybridized carbons (Fsp3) is 0.316. The Bertz CT molecular complexity index is 1690. The Hall–Kier alpha value is -4.43. The van der Waals surface area contributed by atoms with Gasteiger partial charge in [-0.1, -0.05) is 111 Å². The smallest absolute Gasteiger partial charge is 0.264 e. The molecular formula is C38H45N3O4S. The zero-order valence-corrected chi connectivity index (χ0v) is 28.2. The van der Waals surface area contributed by atoms with Crippen molar-refractivity contribution >= 4 is 27.5 Å². The lowest BCUT2D eigenvalue weighted by Gasteiger charge is -2.34. The highest BCUT2D eigenvalue weighted by molar-refractivity contribution is 7.92. The molecule has 242 valence electrons. The molecule has 0 heterocycles. The Morgan fingerprint density at radius 1 is 0.783 bits per heavy atom. The quantitative estimate of drug-likeness (QED) is 0.163. The molecule has 0 saturated heterocycles. The molecule has 0 aliphatic carbocycles. The van der Waals surface area contributed by atoms with E-state index in [2.05, 4.69) is 19.2 Å². The number of nitrogens with one attached hydrogen (secondary N) is 1. The summed E-state index contributed by atoms with van der Waals surface area (Å²) in [7, 11) is -4.14. The van der Waals surface area contributed by atoms with E-state index in [0.29, 0.717) is 5.69 Å². The van der Waals surface area contributed by atoms with Gasteiger partial charge >= 0.3 is 0 Å². The number of carbonyl (C=O) groups excluding carboxylic acids is 2. The average Bonchev–Trinajstić information content (AvgIpc) is 3.05. The average molecular weight is 640 g/mol. The molecule has 8 heteroatoms. The maximum Gasteiger partial charge on any atom is 0.264 e. The minimum atomic E-state index is -4.14. The van der Waals surface area contributed by atoms with Crippen molar-refractivity contribution in [3.63, 3.8) is 0 Å². The summed E-state index contributed by atoms with van der Waals surface area (Å²) in [6.45, 7) is 9.68. The monoisotopic (exact) mass is 639 g/mol. The fourth-order valence-corrected chi connectivity index (χ4v) is 6.71. The molecule has 0 fully saturated rings. The summed E-state index contributed by atoms with van der Waals surface area (Å²) in [5.41, 5.74) is 4.19. The molecule has 0 aromatic heterocycles. The SMILES string of the molecule is CC[C@H](C)NC(=O)[C@@H](Cc1ccccc1)N(Cc1cccc(C)c1)C(=O)CN(c1ccc(C(C)C)cc1)S(=O)(=O)c1ccccc1. The molecule has 0 spiro atoms. The standard InChI is InChI=1S/C38H45N3O4S/c1-6-30(5)39-38(43)36(25-31-15-9-7-10-16-31)40(26-32-17-13-14-29(4)24-32)37(42)27-41(34-22-20-33(21-23-34)28(2)3)46(44,45)35-18-11-8-12-19-35/h7-24,28,30,36H,6,25-27H2,1-5H3,(H,39,43)/t30-,36+/m0/s1. The van der Waals surface area contributed by atoms with Crippen molar-refractivity contribution in [2.45, 2.75) is 76.9 Å². The molecule has 2 amide bonds. The highest BCUT2D eigenvalue weighted by Crippen LogP contribution is 2.27. The third-order valence-electron chi connectivity index (χ3n) is 8.17. The van der Waals surface area contributed by atoms with Gasteiger partial charge in [0, 0.05) is 19.0 Å². The molecule has 4 aromatic rings. The van der Waals surface area contributed by atoms with Gasteiger partial charge in [0.1, 0.15) is 12.6 Å². The molecule has 0 aliphatic rings. The lowest BCUT2D eigenvalue weighted by Crippen LogP contribution is -2.54. The molecule has 46 heavy (non-hydrogen) atoms. The van der Waals surface area contributed by atoms with Gasteiger partial charge in [0.05, 0.1) is 10.6 Å². The number of aryl methyl sites for hydroxylation is 1. The lowest BCUT2D eigenvalue weighted by molar-refractivity contribution is -0.140. The van der Waals surface area contributed by atoms with E-state index in [1.165, 1.54) is 17.0 Å². The first-order chi connectivity index (χ1) is 22.0. The maximum atomic E-state index is 14.6. The van der Waals surface area contributed by atoms with Crippen LogP contribution in [-0.2, 0) is 32.6 Å². The van der Waals surface area contributed by atoms with Crippen LogP contribution in [-0.4, -0.2) is 43.8 Å². The van der Waals surface area contributed by atoms with E-state index in [1.807, 2.05) is 87.5 Å². The first kappa shape index (κ1) is 34.4. The highest BCUT2D eigenvalue weighted by Gasteiger charge is 2.35. The summed E-state index contributed by atoms with van der Waals surface area (Å²) in [4.78, 5) is 30.2. The van der Waals surface area contributed by atoms with Gasteiger partial charge in [-0.05, 0) is 67.1 Å². The maximum absolute atomic E-state index is 14.6. The number of hydrogen-bond donors (Lipinski definition) is 1. The van der Waals surface area contributed by atoms with Gasteiger partial charge in [-0.3, -0.25) is 13.9 Å². The Morgan fingerprint density at radius 3 is 1.98 bits per heavy atom. The van der Waals surface area contributed by atoms with Gasteiger partial charge in [-0.2, -0.15) is 0 Å². The first-order valence-electron chi connectivity index (χ1n) is 15.9. The zero-order valence-electron chi connectivity index (χ0n) is 27.4. The molecule has 0 bridgehead atoms. The van der Waals surface area contributed by atoms with E-state index in [0.717, 1.165) is 33.0 Å². The van der Waals surface area contributed by atoms with Crippen molar-refractivity contribution in [3.8, 4) is 0 Å². The normalized spacial score (nSPS) is 12.7. The van der Waals surface area contributed by atoms with Gasteiger partial charge < -0.3 is 10.2 Å². The van der Waals surface area contributed by atoms with Crippen LogP contribution in [0.5, 0.6) is 0 Å². The minimum Gasteiger partial charge on any atom is -0.352 e. The summed E-state index contributed by atoms with van der Waals surface area (Å²) in [5, 5.41) is 3.08. The second kappa shape index (κ2) is 15.7. The van der Waals surface area contributed by atoms with Crippen LogP contribution in [0, 0.1) is 6.92 Å². The highest BCUT2D eigenvalue weighted by atomic mass is 32.2. The second-order valence-electron chi connectivity index (χ2n) is 12.1. The van der Waals surface area contributed by atoms with Crippen LogP contribution >= 0.6 is 0 Å². The number of sulfonamides is 1. The van der Waals surface area contributed by atoms with Gasteiger partial charge in [0.2, 0.25) is 11.8 Å². The van der Waals surface area contributed by atoms with E-state index in [-0.39, 0.29) is 35.7 Å². The molecular weight excluding hydrogens is 595 g/mol. The Balaban J connectivity index is 1.81. The number of benzene rings is 4. The van der Waals surface area contributed by atoms with Crippen LogP contribution in [0.15, 0.2) is 114 Å². The first-order valence-corrected chi connectivity index (χ1v) is 17.3. The summed E-state index contributed by atoms with van der Waals surface area (Å²) < 4.78 is 29.5. The predicted octanol–water partition coefficient (Wildman–Crippen LogP) is 6.87. The Kier molecular flexibility index (Phi) is 11.8. The van der Waals surface area contributed by atoms with Gasteiger partial charge in [0.15, 0.2) is 0 Å². The van der Waals surface area contributed by atoms with E-state index in [4.69, 9.17) is 0 Å². The van der Waals surface area contributed by atoms with Crippen molar-refractivity contribution in [3.05, 3.63) is 131 Å².